The van der Waals surface area contributed by atoms with Gasteiger partial charge in [0.15, 0.2) is 5.96 Å². The summed E-state index contributed by atoms with van der Waals surface area (Å²) in [5.41, 5.74) is 22.2. The second kappa shape index (κ2) is 13.8. The minimum absolute atomic E-state index is 0.0679. The van der Waals surface area contributed by atoms with E-state index in [0.29, 0.717) is 37.9 Å². The molecule has 4 amide bonds. The number of primary amides is 1. The number of aliphatic carboxylic acids is 1. The number of imidazole rings is 1. The molecule has 1 saturated heterocycles. The fourth-order valence-electron chi connectivity index (χ4n) is 3.93. The Hall–Kier alpha value is -4.21. The van der Waals surface area contributed by atoms with Crippen LogP contribution in [0.25, 0.3) is 0 Å². The molecule has 0 bridgehead atoms. The Balaban J connectivity index is 2.04. The van der Waals surface area contributed by atoms with Gasteiger partial charge < -0.3 is 48.6 Å². The van der Waals surface area contributed by atoms with E-state index in [0.717, 1.165) is 0 Å². The molecule has 2 heterocycles. The third-order valence-electron chi connectivity index (χ3n) is 5.76. The molecule has 1 fully saturated rings. The Morgan fingerprint density at radius 3 is 2.51 bits per heavy atom. The van der Waals surface area contributed by atoms with Crippen LogP contribution in [0.4, 0.5) is 0 Å². The van der Waals surface area contributed by atoms with Crippen molar-refractivity contribution in [1.82, 2.24) is 25.5 Å². The Labute approximate surface area is 212 Å². The molecule has 16 nitrogen and oxygen atoms in total. The smallest absolute Gasteiger partial charge is 0.326 e. The standard InChI is InChI=1S/C21H34N10O6/c22-12(3-1-5-27-21(24)25)19(35)31-6-2-4-15(31)18(34)29-13(8-16(23)32)17(33)30-14(20(36)37)7-11-9-26-10-28-11/h9-10,12-15H,1-8,22H2,(H2,23,32)(H,26,28)(H,29,34)(H,30,33)(H,36,37)(H4,24,25,27). The first kappa shape index (κ1) is 29.0. The van der Waals surface area contributed by atoms with Crippen molar-refractivity contribution in [1.29, 1.82) is 0 Å². The monoisotopic (exact) mass is 522 g/mol. The summed E-state index contributed by atoms with van der Waals surface area (Å²) in [6, 6.07) is -4.60. The summed E-state index contributed by atoms with van der Waals surface area (Å²) in [6.07, 6.45) is 3.69. The molecule has 37 heavy (non-hydrogen) atoms. The van der Waals surface area contributed by atoms with Crippen molar-refractivity contribution < 1.29 is 29.1 Å². The van der Waals surface area contributed by atoms with Gasteiger partial charge in [-0.3, -0.25) is 24.2 Å². The van der Waals surface area contributed by atoms with Gasteiger partial charge in [0, 0.05) is 31.4 Å². The summed E-state index contributed by atoms with van der Waals surface area (Å²) in [6.45, 7) is 0.589. The van der Waals surface area contributed by atoms with Crippen molar-refractivity contribution in [3.8, 4) is 0 Å². The van der Waals surface area contributed by atoms with Crippen molar-refractivity contribution in [3.05, 3.63) is 18.2 Å². The number of hydrogen-bond acceptors (Lipinski definition) is 8. The average molecular weight is 523 g/mol. The van der Waals surface area contributed by atoms with Gasteiger partial charge in [-0.1, -0.05) is 0 Å². The fraction of sp³-hybridized carbons (Fsp3) is 0.571. The van der Waals surface area contributed by atoms with E-state index in [1.165, 1.54) is 17.4 Å². The van der Waals surface area contributed by atoms with Crippen LogP contribution in [0.15, 0.2) is 17.5 Å². The van der Waals surface area contributed by atoms with Gasteiger partial charge in [0.05, 0.1) is 18.8 Å². The summed E-state index contributed by atoms with van der Waals surface area (Å²) in [7, 11) is 0. The number of carbonyl (C=O) groups is 5. The van der Waals surface area contributed by atoms with Crippen LogP contribution < -0.4 is 33.6 Å². The number of carbonyl (C=O) groups excluding carboxylic acids is 4. The SMILES string of the molecule is NC(=O)CC(NC(=O)C1CCCN1C(=O)C(N)CCCN=C(N)N)C(=O)NC(Cc1cnc[nH]1)C(=O)O. The van der Waals surface area contributed by atoms with Gasteiger partial charge in [0.25, 0.3) is 0 Å². The zero-order chi connectivity index (χ0) is 27.5. The lowest BCUT2D eigenvalue weighted by atomic mass is 10.1. The molecule has 1 aliphatic heterocycles. The Kier molecular flexibility index (Phi) is 10.8. The Morgan fingerprint density at radius 1 is 1.19 bits per heavy atom. The van der Waals surface area contributed by atoms with Gasteiger partial charge >= 0.3 is 5.97 Å². The van der Waals surface area contributed by atoms with E-state index >= 15 is 0 Å². The molecule has 1 aromatic rings. The number of nitrogens with two attached hydrogens (primary N) is 4. The molecule has 0 aliphatic carbocycles. The zero-order valence-electron chi connectivity index (χ0n) is 20.3. The zero-order valence-corrected chi connectivity index (χ0v) is 20.3. The lowest BCUT2D eigenvalue weighted by Crippen LogP contribution is -2.57. The predicted molar refractivity (Wildman–Crippen MR) is 130 cm³/mol. The number of nitrogens with zero attached hydrogens (tertiary/aromatic N) is 3. The molecular formula is C21H34N10O6. The van der Waals surface area contributed by atoms with E-state index in [4.69, 9.17) is 22.9 Å². The highest BCUT2D eigenvalue weighted by molar-refractivity contribution is 5.96. The van der Waals surface area contributed by atoms with E-state index < -0.39 is 60.2 Å². The summed E-state index contributed by atoms with van der Waals surface area (Å²) in [5, 5.41) is 14.2. The third-order valence-corrected chi connectivity index (χ3v) is 5.76. The normalized spacial score (nSPS) is 17.3. The van der Waals surface area contributed by atoms with Crippen LogP contribution in [0.1, 0.15) is 37.8 Å². The molecule has 0 aromatic carbocycles. The van der Waals surface area contributed by atoms with E-state index in [-0.39, 0.29) is 18.9 Å². The first-order chi connectivity index (χ1) is 17.5. The molecule has 2 rings (SSSR count). The van der Waals surface area contributed by atoms with Crippen molar-refractivity contribution in [3.63, 3.8) is 0 Å². The maximum Gasteiger partial charge on any atom is 0.326 e. The molecule has 4 atom stereocenters. The van der Waals surface area contributed by atoms with Gasteiger partial charge in [-0.05, 0) is 25.7 Å². The van der Waals surface area contributed by atoms with Crippen LogP contribution in [0.2, 0.25) is 0 Å². The summed E-state index contributed by atoms with van der Waals surface area (Å²) < 4.78 is 0. The molecule has 204 valence electrons. The second-order valence-corrected chi connectivity index (χ2v) is 8.66. The summed E-state index contributed by atoms with van der Waals surface area (Å²) in [5.74, 6) is -4.31. The number of guanidine groups is 1. The maximum absolute atomic E-state index is 13.0. The molecule has 0 radical (unpaired) electrons. The third kappa shape index (κ3) is 9.06. The molecule has 1 aliphatic rings. The number of H-pyrrole nitrogens is 1. The van der Waals surface area contributed by atoms with Crippen LogP contribution in [-0.4, -0.2) is 92.8 Å². The molecule has 16 heteroatoms. The van der Waals surface area contributed by atoms with Crippen LogP contribution >= 0.6 is 0 Å². The number of rotatable bonds is 14. The topological polar surface area (TPSA) is 278 Å². The van der Waals surface area contributed by atoms with E-state index in [9.17, 15) is 29.1 Å². The number of amides is 4. The largest absolute Gasteiger partial charge is 0.480 e. The van der Waals surface area contributed by atoms with Crippen LogP contribution in [0, 0.1) is 0 Å². The minimum Gasteiger partial charge on any atom is -0.480 e. The first-order valence-corrected chi connectivity index (χ1v) is 11.7. The molecule has 0 saturated carbocycles. The van der Waals surface area contributed by atoms with Gasteiger partial charge in [-0.2, -0.15) is 0 Å². The van der Waals surface area contributed by atoms with Gasteiger partial charge in [0.2, 0.25) is 23.6 Å². The van der Waals surface area contributed by atoms with Crippen LogP contribution in [-0.2, 0) is 30.4 Å². The molecule has 12 N–H and O–H groups in total. The van der Waals surface area contributed by atoms with Crippen molar-refractivity contribution in [2.75, 3.05) is 13.1 Å². The van der Waals surface area contributed by atoms with Gasteiger partial charge in [0.1, 0.15) is 18.1 Å². The molecule has 4 unspecified atom stereocenters. The number of aromatic amines is 1. The van der Waals surface area contributed by atoms with Crippen molar-refractivity contribution >= 4 is 35.6 Å². The Bertz CT molecular complexity index is 994. The fourth-order valence-corrected chi connectivity index (χ4v) is 3.93. The van der Waals surface area contributed by atoms with E-state index in [2.05, 4.69) is 25.6 Å². The average Bonchev–Trinajstić information content (AvgIpc) is 3.52. The number of nitrogens with one attached hydrogen (secondary N) is 3. The van der Waals surface area contributed by atoms with E-state index in [1.807, 2.05) is 0 Å². The predicted octanol–water partition coefficient (Wildman–Crippen LogP) is -3.75. The number of hydrogen-bond donors (Lipinski definition) is 8. The molecule has 1 aromatic heterocycles. The minimum atomic E-state index is -1.44. The Morgan fingerprint density at radius 2 is 1.92 bits per heavy atom. The lowest BCUT2D eigenvalue weighted by Gasteiger charge is -2.28. The van der Waals surface area contributed by atoms with Crippen LogP contribution in [0.3, 0.4) is 0 Å². The molecular weight excluding hydrogens is 488 g/mol. The highest BCUT2D eigenvalue weighted by atomic mass is 16.4. The second-order valence-electron chi connectivity index (χ2n) is 8.66. The van der Waals surface area contributed by atoms with Crippen molar-refractivity contribution in [2.24, 2.45) is 27.9 Å². The van der Waals surface area contributed by atoms with Gasteiger partial charge in [-0.15, -0.1) is 0 Å². The highest BCUT2D eigenvalue weighted by Crippen LogP contribution is 2.19. The number of carboxylic acid groups (broad SMARTS) is 1. The summed E-state index contributed by atoms with van der Waals surface area (Å²) >= 11 is 0. The lowest BCUT2D eigenvalue weighted by molar-refractivity contribution is -0.143. The van der Waals surface area contributed by atoms with E-state index in [1.54, 1.807) is 0 Å². The number of aromatic nitrogens is 2. The number of aliphatic imine (C=N–C) groups is 1. The number of carboxylic acids is 1. The van der Waals surface area contributed by atoms with Crippen molar-refractivity contribution in [2.45, 2.75) is 62.7 Å². The quantitative estimate of drug-likeness (QED) is 0.0671. The summed E-state index contributed by atoms with van der Waals surface area (Å²) in [4.78, 5) is 73.7. The highest BCUT2D eigenvalue weighted by Gasteiger charge is 2.38. The van der Waals surface area contributed by atoms with Gasteiger partial charge in [-0.25, -0.2) is 9.78 Å². The molecule has 0 spiro atoms. The first-order valence-electron chi connectivity index (χ1n) is 11.7. The number of likely N-dealkylation sites (tertiary alicyclic amines) is 1. The van der Waals surface area contributed by atoms with Crippen LogP contribution in [0.5, 0.6) is 0 Å². The maximum atomic E-state index is 13.0.